The second-order valence-electron chi connectivity index (χ2n) is 5.37. The van der Waals surface area contributed by atoms with Crippen molar-refractivity contribution in [3.8, 4) is 5.75 Å². The molecule has 4 nitrogen and oxygen atoms in total. The number of hydrogen-bond donors (Lipinski definition) is 0. The number of carbonyl (C=O) groups is 1. The van der Waals surface area contributed by atoms with E-state index in [0.29, 0.717) is 28.9 Å². The Balaban J connectivity index is 1.52. The molecule has 0 spiro atoms. The third-order valence-electron chi connectivity index (χ3n) is 3.56. The van der Waals surface area contributed by atoms with Crippen molar-refractivity contribution >= 4 is 46.0 Å². The minimum Gasteiger partial charge on any atom is -0.484 e. The molecule has 0 N–H and O–H groups in total. The van der Waals surface area contributed by atoms with Crippen LogP contribution in [0.3, 0.4) is 0 Å². The lowest BCUT2D eigenvalue weighted by Gasteiger charge is -2.18. The van der Waals surface area contributed by atoms with Gasteiger partial charge in [0.05, 0.1) is 6.54 Å². The highest BCUT2D eigenvalue weighted by atomic mass is 35.5. The Morgan fingerprint density at radius 2 is 1.72 bits per heavy atom. The SMILES string of the molecule is O=C(COc1ccc(Cl)cc1)N1CCN=C1SCc1ccc(Cl)cc1. The maximum atomic E-state index is 12.4. The Kier molecular flexibility index (Phi) is 6.24. The highest BCUT2D eigenvalue weighted by molar-refractivity contribution is 8.13. The molecule has 0 radical (unpaired) electrons. The lowest BCUT2D eigenvalue weighted by molar-refractivity contribution is -0.128. The van der Waals surface area contributed by atoms with Crippen molar-refractivity contribution < 1.29 is 9.53 Å². The van der Waals surface area contributed by atoms with Crippen molar-refractivity contribution in [3.05, 3.63) is 64.1 Å². The average molecular weight is 395 g/mol. The number of carbonyl (C=O) groups excluding carboxylic acids is 1. The molecule has 0 aliphatic carbocycles. The lowest BCUT2D eigenvalue weighted by atomic mass is 10.2. The van der Waals surface area contributed by atoms with Gasteiger partial charge in [0.2, 0.25) is 0 Å². The van der Waals surface area contributed by atoms with E-state index in [4.69, 9.17) is 27.9 Å². The molecule has 0 saturated carbocycles. The number of thioether (sulfide) groups is 1. The number of amides is 1. The molecule has 1 amide bonds. The van der Waals surface area contributed by atoms with E-state index in [-0.39, 0.29) is 12.5 Å². The summed E-state index contributed by atoms with van der Waals surface area (Å²) in [5.74, 6) is 1.25. The van der Waals surface area contributed by atoms with Crippen LogP contribution < -0.4 is 4.74 Å². The number of rotatable bonds is 5. The van der Waals surface area contributed by atoms with Gasteiger partial charge in [0, 0.05) is 22.3 Å². The maximum Gasteiger partial charge on any atom is 0.266 e. The quantitative estimate of drug-likeness (QED) is 0.749. The largest absolute Gasteiger partial charge is 0.484 e. The Bertz CT molecular complexity index is 764. The predicted molar refractivity (Wildman–Crippen MR) is 104 cm³/mol. The third kappa shape index (κ3) is 5.14. The molecular weight excluding hydrogens is 379 g/mol. The van der Waals surface area contributed by atoms with Crippen LogP contribution in [0.25, 0.3) is 0 Å². The van der Waals surface area contributed by atoms with Gasteiger partial charge >= 0.3 is 0 Å². The van der Waals surface area contributed by atoms with Crippen LogP contribution in [-0.2, 0) is 10.5 Å². The van der Waals surface area contributed by atoms with Crippen molar-refractivity contribution in [2.75, 3.05) is 19.7 Å². The molecule has 7 heteroatoms. The van der Waals surface area contributed by atoms with Crippen LogP contribution in [0.5, 0.6) is 5.75 Å². The molecule has 0 aromatic heterocycles. The van der Waals surface area contributed by atoms with E-state index in [1.54, 1.807) is 40.9 Å². The van der Waals surface area contributed by atoms with Crippen LogP contribution in [0, 0.1) is 0 Å². The van der Waals surface area contributed by atoms with Crippen molar-refractivity contribution in [1.29, 1.82) is 0 Å². The van der Waals surface area contributed by atoms with Gasteiger partial charge in [0.15, 0.2) is 11.8 Å². The minimum atomic E-state index is -0.102. The fourth-order valence-corrected chi connectivity index (χ4v) is 3.54. The highest BCUT2D eigenvalue weighted by Gasteiger charge is 2.24. The van der Waals surface area contributed by atoms with Gasteiger partial charge in [0.1, 0.15) is 5.75 Å². The molecule has 0 saturated heterocycles. The Morgan fingerprint density at radius 1 is 1.08 bits per heavy atom. The normalized spacial score (nSPS) is 13.7. The summed E-state index contributed by atoms with van der Waals surface area (Å²) in [6.45, 7) is 1.18. The second-order valence-corrected chi connectivity index (χ2v) is 7.18. The molecule has 3 rings (SSSR count). The van der Waals surface area contributed by atoms with Crippen LogP contribution >= 0.6 is 35.0 Å². The zero-order chi connectivity index (χ0) is 17.6. The number of aliphatic imine (C=N–C) groups is 1. The highest BCUT2D eigenvalue weighted by Crippen LogP contribution is 2.21. The van der Waals surface area contributed by atoms with E-state index in [9.17, 15) is 4.79 Å². The van der Waals surface area contributed by atoms with Crippen LogP contribution in [-0.4, -0.2) is 35.7 Å². The molecule has 130 valence electrons. The topological polar surface area (TPSA) is 41.9 Å². The van der Waals surface area contributed by atoms with Crippen molar-refractivity contribution in [1.82, 2.24) is 4.90 Å². The summed E-state index contributed by atoms with van der Waals surface area (Å²) in [4.78, 5) is 18.5. The first-order chi connectivity index (χ1) is 12.1. The molecule has 1 aliphatic heterocycles. The average Bonchev–Trinajstić information content (AvgIpc) is 3.09. The Morgan fingerprint density at radius 3 is 2.40 bits per heavy atom. The van der Waals surface area contributed by atoms with Gasteiger partial charge in [-0.3, -0.25) is 14.7 Å². The van der Waals surface area contributed by atoms with Crippen LogP contribution in [0.2, 0.25) is 10.0 Å². The maximum absolute atomic E-state index is 12.4. The number of halogens is 2. The van der Waals surface area contributed by atoms with Crippen LogP contribution in [0.4, 0.5) is 0 Å². The molecule has 25 heavy (non-hydrogen) atoms. The summed E-state index contributed by atoms with van der Waals surface area (Å²) in [6.07, 6.45) is 0. The molecule has 0 unspecified atom stereocenters. The second kappa shape index (κ2) is 8.61. The van der Waals surface area contributed by atoms with E-state index in [1.807, 2.05) is 24.3 Å². The van der Waals surface area contributed by atoms with E-state index in [1.165, 1.54) is 0 Å². The van der Waals surface area contributed by atoms with Gasteiger partial charge in [-0.15, -0.1) is 0 Å². The molecular formula is C18H16Cl2N2O2S. The minimum absolute atomic E-state index is 0.0256. The molecule has 0 fully saturated rings. The zero-order valence-electron chi connectivity index (χ0n) is 13.3. The summed E-state index contributed by atoms with van der Waals surface area (Å²) in [5, 5.41) is 2.08. The van der Waals surface area contributed by atoms with Gasteiger partial charge in [-0.1, -0.05) is 47.1 Å². The first-order valence-corrected chi connectivity index (χ1v) is 9.46. The monoisotopic (exact) mass is 394 g/mol. The lowest BCUT2D eigenvalue weighted by Crippen LogP contribution is -2.36. The summed E-state index contributed by atoms with van der Waals surface area (Å²) < 4.78 is 5.53. The van der Waals surface area contributed by atoms with E-state index >= 15 is 0 Å². The van der Waals surface area contributed by atoms with Gasteiger partial charge < -0.3 is 4.74 Å². The number of benzene rings is 2. The zero-order valence-corrected chi connectivity index (χ0v) is 15.7. The van der Waals surface area contributed by atoms with Crippen LogP contribution in [0.15, 0.2) is 53.5 Å². The first-order valence-electron chi connectivity index (χ1n) is 7.72. The van der Waals surface area contributed by atoms with Gasteiger partial charge in [-0.05, 0) is 42.0 Å². The number of hydrogen-bond acceptors (Lipinski definition) is 4. The number of amidine groups is 1. The smallest absolute Gasteiger partial charge is 0.266 e. The van der Waals surface area contributed by atoms with E-state index in [2.05, 4.69) is 4.99 Å². The van der Waals surface area contributed by atoms with Gasteiger partial charge in [0.25, 0.3) is 5.91 Å². The molecule has 0 atom stereocenters. The molecule has 0 bridgehead atoms. The predicted octanol–water partition coefficient (Wildman–Crippen LogP) is 4.50. The summed E-state index contributed by atoms with van der Waals surface area (Å²) in [7, 11) is 0. The summed E-state index contributed by atoms with van der Waals surface area (Å²) in [6, 6.07) is 14.6. The number of ether oxygens (including phenoxy) is 1. The fourth-order valence-electron chi connectivity index (χ4n) is 2.26. The summed E-state index contributed by atoms with van der Waals surface area (Å²) in [5.41, 5.74) is 1.13. The van der Waals surface area contributed by atoms with Gasteiger partial charge in [-0.2, -0.15) is 0 Å². The summed E-state index contributed by atoms with van der Waals surface area (Å²) >= 11 is 13.3. The van der Waals surface area contributed by atoms with Crippen LogP contribution in [0.1, 0.15) is 5.56 Å². The molecule has 1 aliphatic rings. The third-order valence-corrected chi connectivity index (χ3v) is 5.15. The standard InChI is InChI=1S/C18H16Cl2N2O2S/c19-14-3-1-13(2-4-14)12-25-18-21-9-10-22(18)17(23)11-24-16-7-5-15(20)6-8-16/h1-8H,9-12H2. The van der Waals surface area contributed by atoms with E-state index < -0.39 is 0 Å². The van der Waals surface area contributed by atoms with Gasteiger partial charge in [-0.25, -0.2) is 0 Å². The first kappa shape index (κ1) is 18.1. The fraction of sp³-hybridized carbons (Fsp3) is 0.222. The molecule has 1 heterocycles. The van der Waals surface area contributed by atoms with E-state index in [0.717, 1.165) is 16.5 Å². The van der Waals surface area contributed by atoms with Crippen molar-refractivity contribution in [3.63, 3.8) is 0 Å². The Hall–Kier alpha value is -1.69. The Labute approximate surface area is 160 Å². The molecule has 2 aromatic carbocycles. The van der Waals surface area contributed by atoms with Crippen molar-refractivity contribution in [2.45, 2.75) is 5.75 Å². The number of nitrogens with zero attached hydrogens (tertiary/aromatic N) is 2. The molecule has 2 aromatic rings. The van der Waals surface area contributed by atoms with Crippen molar-refractivity contribution in [2.24, 2.45) is 4.99 Å².